The summed E-state index contributed by atoms with van der Waals surface area (Å²) in [5.74, 6) is 0.952. The first kappa shape index (κ1) is 22.2. The van der Waals surface area contributed by atoms with E-state index in [0.29, 0.717) is 56.0 Å². The summed E-state index contributed by atoms with van der Waals surface area (Å²) in [5, 5.41) is 10.3. The molecule has 31 heavy (non-hydrogen) atoms. The molecule has 10 nitrogen and oxygen atoms in total. The average molecular weight is 426 g/mol. The lowest BCUT2D eigenvalue weighted by molar-refractivity contribution is 0.102. The van der Waals surface area contributed by atoms with E-state index in [0.717, 1.165) is 5.69 Å². The smallest absolute Gasteiger partial charge is 0.257 e. The Morgan fingerprint density at radius 2 is 1.94 bits per heavy atom. The maximum Gasteiger partial charge on any atom is 0.257 e. The van der Waals surface area contributed by atoms with E-state index < -0.39 is 0 Å². The van der Waals surface area contributed by atoms with Crippen LogP contribution in [-0.2, 0) is 16.0 Å². The zero-order valence-electron chi connectivity index (χ0n) is 17.6. The van der Waals surface area contributed by atoms with Crippen molar-refractivity contribution in [2.75, 3.05) is 51.2 Å². The number of rotatable bonds is 12. The van der Waals surface area contributed by atoms with Crippen molar-refractivity contribution >= 4 is 17.5 Å². The first-order valence-electron chi connectivity index (χ1n) is 9.79. The third-order valence-corrected chi connectivity index (χ3v) is 4.15. The van der Waals surface area contributed by atoms with Gasteiger partial charge in [0.25, 0.3) is 5.91 Å². The topological polar surface area (TPSA) is 112 Å². The number of aromatic nitrogens is 4. The van der Waals surface area contributed by atoms with Crippen LogP contribution >= 0.6 is 0 Å². The molecule has 3 aromatic rings. The molecule has 10 heteroatoms. The minimum atomic E-state index is -0.322. The molecule has 0 fully saturated rings. The van der Waals surface area contributed by atoms with Crippen molar-refractivity contribution in [3.8, 4) is 5.88 Å². The molecular formula is C21H26N6O4. The van der Waals surface area contributed by atoms with Gasteiger partial charge >= 0.3 is 0 Å². The Labute approximate surface area is 180 Å². The van der Waals surface area contributed by atoms with E-state index in [1.807, 2.05) is 18.2 Å². The summed E-state index contributed by atoms with van der Waals surface area (Å²) in [4.78, 5) is 21.5. The van der Waals surface area contributed by atoms with Gasteiger partial charge in [0.05, 0.1) is 25.5 Å². The molecule has 0 saturated carbocycles. The summed E-state index contributed by atoms with van der Waals surface area (Å²) in [6.45, 7) is 2.30. The number of hydrogen-bond acceptors (Lipinski definition) is 8. The zero-order valence-corrected chi connectivity index (χ0v) is 17.6. The molecule has 3 rings (SSSR count). The molecular weight excluding hydrogens is 400 g/mol. The van der Waals surface area contributed by atoms with Gasteiger partial charge < -0.3 is 24.8 Å². The fourth-order valence-electron chi connectivity index (χ4n) is 2.67. The SMILES string of the molecule is COCCNc1cc(C(=O)Nc2ccn(Cc3ccccn3)n2)cc(OCCOC)n1. The molecule has 0 aliphatic heterocycles. The van der Waals surface area contributed by atoms with Crippen molar-refractivity contribution in [3.63, 3.8) is 0 Å². The normalized spacial score (nSPS) is 10.6. The molecule has 0 atom stereocenters. The number of nitrogens with zero attached hydrogens (tertiary/aromatic N) is 4. The maximum absolute atomic E-state index is 12.8. The monoisotopic (exact) mass is 426 g/mol. The van der Waals surface area contributed by atoms with Crippen molar-refractivity contribution in [2.24, 2.45) is 0 Å². The number of pyridine rings is 2. The quantitative estimate of drug-likeness (QED) is 0.423. The van der Waals surface area contributed by atoms with E-state index in [2.05, 4.69) is 25.7 Å². The molecule has 2 N–H and O–H groups in total. The highest BCUT2D eigenvalue weighted by atomic mass is 16.5. The highest BCUT2D eigenvalue weighted by molar-refractivity contribution is 6.04. The Hall–Kier alpha value is -3.50. The van der Waals surface area contributed by atoms with Crippen LogP contribution in [0.15, 0.2) is 48.8 Å². The highest BCUT2D eigenvalue weighted by Crippen LogP contribution is 2.18. The summed E-state index contributed by atoms with van der Waals surface area (Å²) in [6, 6.07) is 10.7. The molecule has 164 valence electrons. The summed E-state index contributed by atoms with van der Waals surface area (Å²) in [7, 11) is 3.20. The molecule has 0 unspecified atom stereocenters. The largest absolute Gasteiger partial charge is 0.475 e. The Bertz CT molecular complexity index is 935. The van der Waals surface area contributed by atoms with Crippen molar-refractivity contribution in [1.82, 2.24) is 19.7 Å². The molecule has 3 aromatic heterocycles. The summed E-state index contributed by atoms with van der Waals surface area (Å²) >= 11 is 0. The van der Waals surface area contributed by atoms with E-state index in [4.69, 9.17) is 14.2 Å². The third-order valence-electron chi connectivity index (χ3n) is 4.15. The predicted molar refractivity (Wildman–Crippen MR) is 115 cm³/mol. The number of methoxy groups -OCH3 is 2. The number of hydrogen-bond donors (Lipinski definition) is 2. The molecule has 1 amide bonds. The molecule has 0 aliphatic rings. The van der Waals surface area contributed by atoms with E-state index in [9.17, 15) is 4.79 Å². The van der Waals surface area contributed by atoms with Crippen LogP contribution in [0, 0.1) is 0 Å². The van der Waals surface area contributed by atoms with Crippen LogP contribution in [0.4, 0.5) is 11.6 Å². The third kappa shape index (κ3) is 7.05. The van der Waals surface area contributed by atoms with Crippen LogP contribution in [-0.4, -0.2) is 66.2 Å². The van der Waals surface area contributed by atoms with Gasteiger partial charge in [0, 0.05) is 50.9 Å². The van der Waals surface area contributed by atoms with Gasteiger partial charge in [0.2, 0.25) is 5.88 Å². The van der Waals surface area contributed by atoms with E-state index in [-0.39, 0.29) is 5.91 Å². The van der Waals surface area contributed by atoms with Crippen LogP contribution in [0.3, 0.4) is 0 Å². The van der Waals surface area contributed by atoms with Crippen LogP contribution in [0.5, 0.6) is 5.88 Å². The van der Waals surface area contributed by atoms with Gasteiger partial charge in [0.1, 0.15) is 12.4 Å². The van der Waals surface area contributed by atoms with E-state index >= 15 is 0 Å². The van der Waals surface area contributed by atoms with Gasteiger partial charge in [0.15, 0.2) is 5.82 Å². The molecule has 0 radical (unpaired) electrons. The second kappa shape index (κ2) is 11.6. The van der Waals surface area contributed by atoms with Crippen molar-refractivity contribution in [2.45, 2.75) is 6.54 Å². The first-order valence-corrected chi connectivity index (χ1v) is 9.79. The van der Waals surface area contributed by atoms with Gasteiger partial charge in [-0.2, -0.15) is 10.1 Å². The van der Waals surface area contributed by atoms with Crippen LogP contribution in [0.1, 0.15) is 16.1 Å². The molecule has 0 saturated heterocycles. The standard InChI is InChI=1S/C21H26N6O4/c1-29-10-8-23-19-13-16(14-20(24-19)31-12-11-30-2)21(28)25-18-6-9-27(26-18)15-17-5-3-4-7-22-17/h3-7,9,13-14H,8,10-12,15H2,1-2H3,(H,23,24)(H,25,26,28). The minimum Gasteiger partial charge on any atom is -0.475 e. The lowest BCUT2D eigenvalue weighted by atomic mass is 10.2. The predicted octanol–water partition coefficient (Wildman–Crippen LogP) is 2.06. The molecule has 3 heterocycles. The van der Waals surface area contributed by atoms with Gasteiger partial charge in [-0.05, 0) is 18.2 Å². The molecule has 0 aliphatic carbocycles. The summed E-state index contributed by atoms with van der Waals surface area (Å²) in [5.41, 5.74) is 1.27. The number of carbonyl (C=O) groups excluding carboxylic acids is 1. The zero-order chi connectivity index (χ0) is 21.9. The summed E-state index contributed by atoms with van der Waals surface area (Å²) in [6.07, 6.45) is 3.52. The molecule has 0 aromatic carbocycles. The van der Waals surface area contributed by atoms with Crippen molar-refractivity contribution < 1.29 is 19.0 Å². The minimum absolute atomic E-state index is 0.322. The van der Waals surface area contributed by atoms with Crippen molar-refractivity contribution in [3.05, 3.63) is 60.0 Å². The van der Waals surface area contributed by atoms with E-state index in [1.165, 1.54) is 0 Å². The second-order valence-electron chi connectivity index (χ2n) is 6.51. The maximum atomic E-state index is 12.8. The Kier molecular flexibility index (Phi) is 8.32. The fourth-order valence-corrected chi connectivity index (χ4v) is 2.67. The Balaban J connectivity index is 1.69. The average Bonchev–Trinajstić information content (AvgIpc) is 3.21. The molecule has 0 spiro atoms. The van der Waals surface area contributed by atoms with Gasteiger partial charge in [-0.15, -0.1) is 0 Å². The van der Waals surface area contributed by atoms with Crippen LogP contribution < -0.4 is 15.4 Å². The number of anilines is 2. The van der Waals surface area contributed by atoms with E-state index in [1.54, 1.807) is 49.5 Å². The lowest BCUT2D eigenvalue weighted by Gasteiger charge is -2.11. The van der Waals surface area contributed by atoms with Gasteiger partial charge in [-0.1, -0.05) is 6.07 Å². The van der Waals surface area contributed by atoms with Crippen LogP contribution in [0.2, 0.25) is 0 Å². The molecule has 0 bridgehead atoms. The first-order chi connectivity index (χ1) is 15.2. The van der Waals surface area contributed by atoms with Gasteiger partial charge in [-0.3, -0.25) is 14.5 Å². The second-order valence-corrected chi connectivity index (χ2v) is 6.51. The highest BCUT2D eigenvalue weighted by Gasteiger charge is 2.13. The fraction of sp³-hybridized carbons (Fsp3) is 0.333. The Morgan fingerprint density at radius 1 is 1.06 bits per heavy atom. The number of amides is 1. The summed E-state index contributed by atoms with van der Waals surface area (Å²) < 4.78 is 17.3. The van der Waals surface area contributed by atoms with Crippen LogP contribution in [0.25, 0.3) is 0 Å². The number of nitrogens with one attached hydrogen (secondary N) is 2. The number of ether oxygens (including phenoxy) is 3. The lowest BCUT2D eigenvalue weighted by Crippen LogP contribution is -2.16. The Morgan fingerprint density at radius 3 is 2.71 bits per heavy atom. The van der Waals surface area contributed by atoms with Gasteiger partial charge in [-0.25, -0.2) is 0 Å². The van der Waals surface area contributed by atoms with Crippen molar-refractivity contribution in [1.29, 1.82) is 0 Å². The number of carbonyl (C=O) groups is 1.